The van der Waals surface area contributed by atoms with Crippen LogP contribution in [0, 0.1) is 0 Å². The highest BCUT2D eigenvalue weighted by Gasteiger charge is 2.10. The zero-order valence-corrected chi connectivity index (χ0v) is 9.28. The first-order valence-electron chi connectivity index (χ1n) is 5.01. The van der Waals surface area contributed by atoms with Crippen molar-refractivity contribution < 1.29 is 14.3 Å². The predicted molar refractivity (Wildman–Crippen MR) is 57.2 cm³/mol. The molecule has 0 N–H and O–H groups in total. The topological polar surface area (TPSA) is 55.7 Å². The Labute approximate surface area is 90.0 Å². The Morgan fingerprint density at radius 3 is 2.73 bits per heavy atom. The molecule has 15 heavy (non-hydrogen) atoms. The van der Waals surface area contributed by atoms with Crippen LogP contribution in [0.15, 0.2) is 17.1 Å². The number of isocyanates is 1. The van der Waals surface area contributed by atoms with Crippen molar-refractivity contribution in [2.75, 3.05) is 6.61 Å². The summed E-state index contributed by atoms with van der Waals surface area (Å²) in [5, 5.41) is 0. The number of nitrogens with zero attached hydrogens (tertiary/aromatic N) is 1. The van der Waals surface area contributed by atoms with Gasteiger partial charge in [0.2, 0.25) is 6.08 Å². The predicted octanol–water partition coefficient (Wildman–Crippen LogP) is 2.00. The second kappa shape index (κ2) is 7.94. The number of ether oxygens (including phenoxy) is 1. The third kappa shape index (κ3) is 6.63. The van der Waals surface area contributed by atoms with E-state index in [9.17, 15) is 9.59 Å². The van der Waals surface area contributed by atoms with Crippen LogP contribution in [0.4, 0.5) is 0 Å². The summed E-state index contributed by atoms with van der Waals surface area (Å²) in [6, 6.07) is -0.272. The molecule has 0 rings (SSSR count). The lowest BCUT2D eigenvalue weighted by molar-refractivity contribution is -0.139. The van der Waals surface area contributed by atoms with Crippen LogP contribution in [0.25, 0.3) is 0 Å². The molecule has 0 bridgehead atoms. The van der Waals surface area contributed by atoms with Crippen LogP contribution in [0.5, 0.6) is 0 Å². The van der Waals surface area contributed by atoms with E-state index in [0.717, 1.165) is 19.3 Å². The number of carbonyl (C=O) groups is 1. The SMILES string of the molecule is C=C(C)C(=O)OCC(CCCC)N=C=O. The van der Waals surface area contributed by atoms with Gasteiger partial charge in [0.15, 0.2) is 0 Å². The van der Waals surface area contributed by atoms with Crippen molar-refractivity contribution in [3.05, 3.63) is 12.2 Å². The molecule has 0 aliphatic rings. The molecular weight excluding hydrogens is 194 g/mol. The first kappa shape index (κ1) is 13.6. The fraction of sp³-hybridized carbons (Fsp3) is 0.636. The second-order valence-electron chi connectivity index (χ2n) is 3.40. The highest BCUT2D eigenvalue weighted by atomic mass is 16.5. The van der Waals surface area contributed by atoms with E-state index in [4.69, 9.17) is 4.74 Å². The lowest BCUT2D eigenvalue weighted by Crippen LogP contribution is -2.17. The van der Waals surface area contributed by atoms with E-state index < -0.39 is 5.97 Å². The Morgan fingerprint density at radius 1 is 1.60 bits per heavy atom. The maximum Gasteiger partial charge on any atom is 0.333 e. The van der Waals surface area contributed by atoms with Crippen LogP contribution in [-0.2, 0) is 14.3 Å². The molecule has 4 nitrogen and oxygen atoms in total. The lowest BCUT2D eigenvalue weighted by atomic mass is 10.1. The Balaban J connectivity index is 4.00. The molecule has 1 unspecified atom stereocenters. The van der Waals surface area contributed by atoms with Gasteiger partial charge < -0.3 is 4.74 Å². The van der Waals surface area contributed by atoms with Gasteiger partial charge in [0.25, 0.3) is 0 Å². The highest BCUT2D eigenvalue weighted by molar-refractivity contribution is 5.86. The molecule has 0 heterocycles. The summed E-state index contributed by atoms with van der Waals surface area (Å²) in [5.41, 5.74) is 0.347. The molecule has 0 fully saturated rings. The number of rotatable bonds is 7. The summed E-state index contributed by atoms with van der Waals surface area (Å²) >= 11 is 0. The number of aliphatic imine (C=N–C) groups is 1. The number of esters is 1. The molecule has 0 aromatic heterocycles. The minimum Gasteiger partial charge on any atom is -0.460 e. The first-order chi connectivity index (χ1) is 7.11. The zero-order chi connectivity index (χ0) is 11.7. The molecule has 84 valence electrons. The van der Waals surface area contributed by atoms with Gasteiger partial charge in [-0.3, -0.25) is 0 Å². The molecule has 0 saturated heterocycles. The van der Waals surface area contributed by atoms with Gasteiger partial charge in [-0.15, -0.1) is 0 Å². The van der Waals surface area contributed by atoms with Crippen molar-refractivity contribution >= 4 is 12.0 Å². The summed E-state index contributed by atoms with van der Waals surface area (Å²) in [5.74, 6) is -0.447. The average molecular weight is 211 g/mol. The smallest absolute Gasteiger partial charge is 0.333 e. The monoisotopic (exact) mass is 211 g/mol. The number of hydrogen-bond donors (Lipinski definition) is 0. The van der Waals surface area contributed by atoms with E-state index in [1.165, 1.54) is 6.08 Å². The van der Waals surface area contributed by atoms with E-state index in [-0.39, 0.29) is 12.6 Å². The van der Waals surface area contributed by atoms with Crippen LogP contribution in [0.1, 0.15) is 33.1 Å². The Kier molecular flexibility index (Phi) is 7.20. The molecule has 0 radical (unpaired) electrons. The Morgan fingerprint density at radius 2 is 2.27 bits per heavy atom. The van der Waals surface area contributed by atoms with Crippen molar-refractivity contribution in [1.82, 2.24) is 0 Å². The van der Waals surface area contributed by atoms with Crippen molar-refractivity contribution in [2.45, 2.75) is 39.2 Å². The van der Waals surface area contributed by atoms with Gasteiger partial charge in [-0.25, -0.2) is 9.59 Å². The average Bonchev–Trinajstić information content (AvgIpc) is 2.21. The molecule has 0 aromatic rings. The third-order valence-electron chi connectivity index (χ3n) is 1.88. The van der Waals surface area contributed by atoms with E-state index in [2.05, 4.69) is 11.6 Å². The highest BCUT2D eigenvalue weighted by Crippen LogP contribution is 2.05. The summed E-state index contributed by atoms with van der Waals surface area (Å²) in [4.78, 5) is 24.8. The number of hydrogen-bond acceptors (Lipinski definition) is 4. The van der Waals surface area contributed by atoms with Crippen molar-refractivity contribution in [1.29, 1.82) is 0 Å². The van der Waals surface area contributed by atoms with Crippen LogP contribution in [-0.4, -0.2) is 24.7 Å². The van der Waals surface area contributed by atoms with Gasteiger partial charge in [0, 0.05) is 5.57 Å². The quantitative estimate of drug-likeness (QED) is 0.280. The van der Waals surface area contributed by atoms with E-state index in [1.54, 1.807) is 6.92 Å². The second-order valence-corrected chi connectivity index (χ2v) is 3.40. The largest absolute Gasteiger partial charge is 0.460 e. The van der Waals surface area contributed by atoms with Gasteiger partial charge in [-0.1, -0.05) is 26.3 Å². The fourth-order valence-corrected chi connectivity index (χ4v) is 0.995. The zero-order valence-electron chi connectivity index (χ0n) is 9.28. The van der Waals surface area contributed by atoms with E-state index in [0.29, 0.717) is 5.57 Å². The Hall–Kier alpha value is -1.41. The Bertz CT molecular complexity index is 267. The maximum atomic E-state index is 11.1. The van der Waals surface area contributed by atoms with Gasteiger partial charge in [-0.2, -0.15) is 4.99 Å². The lowest BCUT2D eigenvalue weighted by Gasteiger charge is -2.10. The van der Waals surface area contributed by atoms with Crippen LogP contribution >= 0.6 is 0 Å². The molecule has 0 amide bonds. The summed E-state index contributed by atoms with van der Waals surface area (Å²) < 4.78 is 4.90. The molecule has 0 aromatic carbocycles. The minimum absolute atomic E-state index is 0.126. The molecule has 1 atom stereocenters. The normalized spacial score (nSPS) is 11.3. The molecule has 0 aliphatic heterocycles. The number of unbranched alkanes of at least 4 members (excludes halogenated alkanes) is 1. The van der Waals surface area contributed by atoms with Crippen molar-refractivity contribution in [3.8, 4) is 0 Å². The van der Waals surface area contributed by atoms with Crippen molar-refractivity contribution in [2.24, 2.45) is 4.99 Å². The maximum absolute atomic E-state index is 11.1. The van der Waals surface area contributed by atoms with Crippen LogP contribution in [0.2, 0.25) is 0 Å². The van der Waals surface area contributed by atoms with Crippen molar-refractivity contribution in [3.63, 3.8) is 0 Å². The first-order valence-corrected chi connectivity index (χ1v) is 5.01. The fourth-order valence-electron chi connectivity index (χ4n) is 0.995. The molecule has 4 heteroatoms. The van der Waals surface area contributed by atoms with Gasteiger partial charge in [0.1, 0.15) is 6.61 Å². The minimum atomic E-state index is -0.447. The molecule has 0 saturated carbocycles. The summed E-state index contributed by atoms with van der Waals surface area (Å²) in [6.45, 7) is 7.20. The van der Waals surface area contributed by atoms with E-state index >= 15 is 0 Å². The van der Waals surface area contributed by atoms with Crippen LogP contribution < -0.4 is 0 Å². The third-order valence-corrected chi connectivity index (χ3v) is 1.88. The molecule has 0 spiro atoms. The molecular formula is C11H17NO3. The summed E-state index contributed by atoms with van der Waals surface area (Å²) in [6.07, 6.45) is 4.18. The molecule has 0 aliphatic carbocycles. The van der Waals surface area contributed by atoms with Gasteiger partial charge >= 0.3 is 5.97 Å². The van der Waals surface area contributed by atoms with Gasteiger partial charge in [-0.05, 0) is 13.3 Å². The van der Waals surface area contributed by atoms with Gasteiger partial charge in [0.05, 0.1) is 6.04 Å². The number of carbonyl (C=O) groups excluding carboxylic acids is 2. The van der Waals surface area contributed by atoms with E-state index in [1.807, 2.05) is 6.92 Å². The summed E-state index contributed by atoms with van der Waals surface area (Å²) in [7, 11) is 0. The van der Waals surface area contributed by atoms with Crippen LogP contribution in [0.3, 0.4) is 0 Å². The standard InChI is InChI=1S/C11H17NO3/c1-4-5-6-10(12-8-13)7-15-11(14)9(2)3/h10H,2,4-7H2,1,3H3.